The van der Waals surface area contributed by atoms with Crippen LogP contribution in [0.3, 0.4) is 0 Å². The van der Waals surface area contributed by atoms with Crippen LogP contribution in [0.4, 0.5) is 5.69 Å². The standard InChI is InChI=1S/C17H28N4O5S2/c1-14-6-7-15(12-16(14)28(25,26)19(2)3)18-17(22)13-20-8-5-9-21(11-10-20)27(4,23)24/h6-7,12H,5,8-11,13H2,1-4H3,(H,18,22). The Morgan fingerprint density at radius 2 is 1.79 bits per heavy atom. The second kappa shape index (κ2) is 8.87. The predicted molar refractivity (Wildman–Crippen MR) is 108 cm³/mol. The van der Waals surface area contributed by atoms with Crippen LogP contribution >= 0.6 is 0 Å². The molecule has 0 atom stereocenters. The summed E-state index contributed by atoms with van der Waals surface area (Å²) in [6.45, 7) is 3.69. The van der Waals surface area contributed by atoms with Gasteiger partial charge < -0.3 is 5.32 Å². The summed E-state index contributed by atoms with van der Waals surface area (Å²) in [4.78, 5) is 14.4. The maximum absolute atomic E-state index is 12.4. The summed E-state index contributed by atoms with van der Waals surface area (Å²) in [5, 5.41) is 2.73. The fourth-order valence-corrected chi connectivity index (χ4v) is 5.01. The molecule has 0 radical (unpaired) electrons. The van der Waals surface area contributed by atoms with Crippen molar-refractivity contribution in [2.45, 2.75) is 18.2 Å². The molecule has 1 fully saturated rings. The zero-order chi connectivity index (χ0) is 21.1. The highest BCUT2D eigenvalue weighted by Crippen LogP contribution is 2.22. The van der Waals surface area contributed by atoms with Crippen LogP contribution in [-0.4, -0.2) is 89.3 Å². The van der Waals surface area contributed by atoms with E-state index in [9.17, 15) is 21.6 Å². The second-order valence-electron chi connectivity index (χ2n) is 7.11. The zero-order valence-electron chi connectivity index (χ0n) is 16.7. The van der Waals surface area contributed by atoms with Crippen LogP contribution in [0.15, 0.2) is 23.1 Å². The van der Waals surface area contributed by atoms with Crippen LogP contribution in [0.25, 0.3) is 0 Å². The lowest BCUT2D eigenvalue weighted by atomic mass is 10.2. The normalized spacial score (nSPS) is 17.5. The number of carbonyl (C=O) groups is 1. The molecule has 0 spiro atoms. The SMILES string of the molecule is Cc1ccc(NC(=O)CN2CCCN(S(C)(=O)=O)CC2)cc1S(=O)(=O)N(C)C. The van der Waals surface area contributed by atoms with Crippen LogP contribution in [-0.2, 0) is 24.8 Å². The molecule has 1 amide bonds. The minimum atomic E-state index is -3.61. The number of hydrogen-bond acceptors (Lipinski definition) is 6. The van der Waals surface area contributed by atoms with Gasteiger partial charge in [-0.3, -0.25) is 9.69 Å². The molecule has 0 aromatic heterocycles. The van der Waals surface area contributed by atoms with Crippen molar-refractivity contribution in [2.24, 2.45) is 0 Å². The smallest absolute Gasteiger partial charge is 0.242 e. The molecule has 0 saturated carbocycles. The highest BCUT2D eigenvalue weighted by Gasteiger charge is 2.23. The van der Waals surface area contributed by atoms with E-state index < -0.39 is 20.0 Å². The van der Waals surface area contributed by atoms with Crippen molar-refractivity contribution in [3.8, 4) is 0 Å². The van der Waals surface area contributed by atoms with Gasteiger partial charge in [-0.1, -0.05) is 6.07 Å². The van der Waals surface area contributed by atoms with Crippen LogP contribution in [0, 0.1) is 6.92 Å². The molecule has 0 bridgehead atoms. The number of anilines is 1. The number of aryl methyl sites for hydroxylation is 1. The lowest BCUT2D eigenvalue weighted by molar-refractivity contribution is -0.117. The third-order valence-corrected chi connectivity index (χ3v) is 7.87. The Labute approximate surface area is 167 Å². The lowest BCUT2D eigenvalue weighted by Crippen LogP contribution is -2.37. The molecule has 2 rings (SSSR count). The van der Waals surface area contributed by atoms with Crippen molar-refractivity contribution in [1.82, 2.24) is 13.5 Å². The van der Waals surface area contributed by atoms with E-state index in [4.69, 9.17) is 0 Å². The number of nitrogens with zero attached hydrogens (tertiary/aromatic N) is 3. The van der Waals surface area contributed by atoms with Crippen molar-refractivity contribution in [2.75, 3.05) is 58.4 Å². The van der Waals surface area contributed by atoms with Crippen LogP contribution < -0.4 is 5.32 Å². The number of sulfonamides is 2. The predicted octanol–water partition coefficient (Wildman–Crippen LogP) is 0.151. The van der Waals surface area contributed by atoms with Gasteiger partial charge in [0.15, 0.2) is 0 Å². The number of nitrogens with one attached hydrogen (secondary N) is 1. The van der Waals surface area contributed by atoms with Gasteiger partial charge in [-0.2, -0.15) is 0 Å². The molecule has 1 aliphatic rings. The quantitative estimate of drug-likeness (QED) is 0.686. The number of rotatable bonds is 6. The van der Waals surface area contributed by atoms with Gasteiger partial charge in [0.1, 0.15) is 0 Å². The first kappa shape index (κ1) is 22.8. The molecule has 9 nitrogen and oxygen atoms in total. The zero-order valence-corrected chi connectivity index (χ0v) is 18.3. The van der Waals surface area contributed by atoms with Crippen LogP contribution in [0.5, 0.6) is 0 Å². The molecule has 0 aliphatic carbocycles. The van der Waals surface area contributed by atoms with E-state index in [1.807, 2.05) is 4.90 Å². The summed E-state index contributed by atoms with van der Waals surface area (Å²) in [6.07, 6.45) is 1.84. The van der Waals surface area contributed by atoms with Gasteiger partial charge in [0.05, 0.1) is 17.7 Å². The van der Waals surface area contributed by atoms with Gasteiger partial charge in [-0.05, 0) is 37.6 Å². The largest absolute Gasteiger partial charge is 0.325 e. The first-order chi connectivity index (χ1) is 12.9. The molecule has 1 saturated heterocycles. The molecule has 158 valence electrons. The molecule has 28 heavy (non-hydrogen) atoms. The van der Waals surface area contributed by atoms with Gasteiger partial charge >= 0.3 is 0 Å². The Hall–Kier alpha value is -1.53. The van der Waals surface area contributed by atoms with Gasteiger partial charge in [-0.15, -0.1) is 0 Å². The molecular weight excluding hydrogens is 404 g/mol. The first-order valence-electron chi connectivity index (χ1n) is 8.92. The van der Waals surface area contributed by atoms with Crippen molar-refractivity contribution in [1.29, 1.82) is 0 Å². The topological polar surface area (TPSA) is 107 Å². The average Bonchev–Trinajstić information content (AvgIpc) is 2.81. The average molecular weight is 433 g/mol. The van der Waals surface area contributed by atoms with Crippen molar-refractivity contribution in [3.05, 3.63) is 23.8 Å². The molecule has 1 aliphatic heterocycles. The summed E-state index contributed by atoms with van der Waals surface area (Å²) < 4.78 is 50.7. The highest BCUT2D eigenvalue weighted by atomic mass is 32.2. The fourth-order valence-electron chi connectivity index (χ4n) is 2.99. The van der Waals surface area contributed by atoms with E-state index in [2.05, 4.69) is 5.32 Å². The summed E-state index contributed by atoms with van der Waals surface area (Å²) in [5.74, 6) is -0.273. The molecule has 0 unspecified atom stereocenters. The minimum Gasteiger partial charge on any atom is -0.325 e. The first-order valence-corrected chi connectivity index (χ1v) is 12.2. The number of amides is 1. The van der Waals surface area contributed by atoms with E-state index in [0.717, 1.165) is 4.31 Å². The molecule has 1 heterocycles. The van der Waals surface area contributed by atoms with E-state index in [1.165, 1.54) is 30.7 Å². The van der Waals surface area contributed by atoms with E-state index in [-0.39, 0.29) is 17.3 Å². The van der Waals surface area contributed by atoms with Crippen LogP contribution in [0.1, 0.15) is 12.0 Å². The van der Waals surface area contributed by atoms with Gasteiger partial charge in [0, 0.05) is 39.4 Å². The molecular formula is C17H28N4O5S2. The Morgan fingerprint density at radius 1 is 1.11 bits per heavy atom. The van der Waals surface area contributed by atoms with E-state index in [1.54, 1.807) is 19.1 Å². The lowest BCUT2D eigenvalue weighted by Gasteiger charge is -2.20. The fraction of sp³-hybridized carbons (Fsp3) is 0.588. The van der Waals surface area contributed by atoms with Gasteiger partial charge in [-0.25, -0.2) is 25.4 Å². The summed E-state index contributed by atoms with van der Waals surface area (Å²) in [5.41, 5.74) is 1.00. The second-order valence-corrected chi connectivity index (χ2v) is 11.2. The minimum absolute atomic E-state index is 0.112. The van der Waals surface area contributed by atoms with E-state index >= 15 is 0 Å². The number of benzene rings is 1. The van der Waals surface area contributed by atoms with Crippen molar-refractivity contribution in [3.63, 3.8) is 0 Å². The molecule has 1 aromatic carbocycles. The Balaban J connectivity index is 2.04. The van der Waals surface area contributed by atoms with Crippen LogP contribution in [0.2, 0.25) is 0 Å². The Kier molecular flexibility index (Phi) is 7.21. The third kappa shape index (κ3) is 5.74. The Bertz CT molecular complexity index is 929. The van der Waals surface area contributed by atoms with E-state index in [0.29, 0.717) is 43.9 Å². The highest BCUT2D eigenvalue weighted by molar-refractivity contribution is 7.89. The summed E-state index contributed by atoms with van der Waals surface area (Å²) in [6, 6.07) is 4.77. The maximum atomic E-state index is 12.4. The number of hydrogen-bond donors (Lipinski definition) is 1. The van der Waals surface area contributed by atoms with Gasteiger partial charge in [0.2, 0.25) is 26.0 Å². The summed E-state index contributed by atoms with van der Waals surface area (Å²) in [7, 11) is -3.93. The summed E-state index contributed by atoms with van der Waals surface area (Å²) >= 11 is 0. The third-order valence-electron chi connectivity index (χ3n) is 4.61. The van der Waals surface area contributed by atoms with Gasteiger partial charge in [0.25, 0.3) is 0 Å². The van der Waals surface area contributed by atoms with Crippen molar-refractivity contribution < 1.29 is 21.6 Å². The number of carbonyl (C=O) groups excluding carboxylic acids is 1. The molecule has 1 N–H and O–H groups in total. The molecule has 11 heteroatoms. The monoisotopic (exact) mass is 432 g/mol. The maximum Gasteiger partial charge on any atom is 0.242 e. The van der Waals surface area contributed by atoms with Crippen molar-refractivity contribution >= 4 is 31.6 Å². The molecule has 1 aromatic rings. The Morgan fingerprint density at radius 3 is 2.39 bits per heavy atom.